The van der Waals surface area contributed by atoms with Crippen LogP contribution in [-0.4, -0.2) is 30.4 Å². The molecule has 0 saturated heterocycles. The SMILES string of the molecule is CC(C)CC(=O)C(C)CCC(C)(C)OCCNC(=O)C(C)C. The van der Waals surface area contributed by atoms with Crippen LogP contribution < -0.4 is 5.32 Å². The molecule has 0 aromatic rings. The predicted octanol–water partition coefficient (Wildman–Crippen LogP) is 3.59. The molecule has 1 amide bonds. The lowest BCUT2D eigenvalue weighted by Gasteiger charge is -2.27. The second kappa shape index (κ2) is 9.98. The summed E-state index contributed by atoms with van der Waals surface area (Å²) in [5, 5.41) is 2.84. The Bertz CT molecular complexity index is 348. The molecular formula is C18H35NO3. The van der Waals surface area contributed by atoms with Gasteiger partial charge in [0.2, 0.25) is 5.91 Å². The molecule has 0 saturated carbocycles. The summed E-state index contributed by atoms with van der Waals surface area (Å²) in [5.41, 5.74) is -0.269. The minimum Gasteiger partial charge on any atom is -0.374 e. The largest absolute Gasteiger partial charge is 0.374 e. The zero-order chi connectivity index (χ0) is 17.3. The van der Waals surface area contributed by atoms with Gasteiger partial charge in [-0.3, -0.25) is 9.59 Å². The lowest BCUT2D eigenvalue weighted by molar-refractivity contribution is -0.125. The van der Waals surface area contributed by atoms with Crippen molar-refractivity contribution in [3.63, 3.8) is 0 Å². The molecule has 0 radical (unpaired) electrons. The van der Waals surface area contributed by atoms with E-state index in [1.165, 1.54) is 0 Å². The summed E-state index contributed by atoms with van der Waals surface area (Å²) in [7, 11) is 0. The first-order chi connectivity index (χ1) is 10.0. The molecule has 0 aliphatic carbocycles. The van der Waals surface area contributed by atoms with E-state index in [1.807, 2.05) is 34.6 Å². The first kappa shape index (κ1) is 21.1. The number of ether oxygens (including phenoxy) is 1. The van der Waals surface area contributed by atoms with Crippen LogP contribution in [0.5, 0.6) is 0 Å². The van der Waals surface area contributed by atoms with Crippen LogP contribution in [-0.2, 0) is 14.3 Å². The summed E-state index contributed by atoms with van der Waals surface area (Å²) in [6.07, 6.45) is 2.34. The van der Waals surface area contributed by atoms with Gasteiger partial charge in [-0.1, -0.05) is 34.6 Å². The highest BCUT2D eigenvalue weighted by Gasteiger charge is 2.22. The zero-order valence-electron chi connectivity index (χ0n) is 15.5. The number of nitrogens with one attached hydrogen (secondary N) is 1. The molecule has 0 rings (SSSR count). The first-order valence-electron chi connectivity index (χ1n) is 8.49. The second-order valence-electron chi connectivity index (χ2n) is 7.56. The van der Waals surface area contributed by atoms with E-state index >= 15 is 0 Å². The Kier molecular flexibility index (Phi) is 9.58. The summed E-state index contributed by atoms with van der Waals surface area (Å²) in [6.45, 7) is 15.0. The van der Waals surface area contributed by atoms with Crippen molar-refractivity contribution in [1.29, 1.82) is 0 Å². The number of rotatable bonds is 11. The van der Waals surface area contributed by atoms with E-state index in [1.54, 1.807) is 0 Å². The van der Waals surface area contributed by atoms with E-state index < -0.39 is 0 Å². The molecule has 0 bridgehead atoms. The van der Waals surface area contributed by atoms with E-state index in [0.717, 1.165) is 12.8 Å². The van der Waals surface area contributed by atoms with Crippen LogP contribution in [0.3, 0.4) is 0 Å². The van der Waals surface area contributed by atoms with E-state index in [2.05, 4.69) is 19.2 Å². The fourth-order valence-electron chi connectivity index (χ4n) is 2.11. The number of hydrogen-bond donors (Lipinski definition) is 1. The van der Waals surface area contributed by atoms with Gasteiger partial charge in [-0.15, -0.1) is 0 Å². The molecule has 1 N–H and O–H groups in total. The van der Waals surface area contributed by atoms with Crippen LogP contribution >= 0.6 is 0 Å². The smallest absolute Gasteiger partial charge is 0.222 e. The topological polar surface area (TPSA) is 55.4 Å². The van der Waals surface area contributed by atoms with Gasteiger partial charge in [-0.05, 0) is 32.6 Å². The molecule has 0 aromatic heterocycles. The third-order valence-corrected chi connectivity index (χ3v) is 3.76. The van der Waals surface area contributed by atoms with Crippen LogP contribution in [0.2, 0.25) is 0 Å². The van der Waals surface area contributed by atoms with Crippen molar-refractivity contribution in [2.75, 3.05) is 13.2 Å². The Morgan fingerprint density at radius 3 is 2.18 bits per heavy atom. The molecule has 0 heterocycles. The minimum atomic E-state index is -0.269. The fourth-order valence-corrected chi connectivity index (χ4v) is 2.11. The monoisotopic (exact) mass is 313 g/mol. The number of Topliss-reactive ketones (excluding diaryl/α,β-unsaturated/α-hetero) is 1. The van der Waals surface area contributed by atoms with Crippen LogP contribution in [0.25, 0.3) is 0 Å². The van der Waals surface area contributed by atoms with Crippen LogP contribution in [0.1, 0.15) is 67.7 Å². The van der Waals surface area contributed by atoms with Gasteiger partial charge in [0.05, 0.1) is 12.2 Å². The highest BCUT2D eigenvalue weighted by Crippen LogP contribution is 2.22. The van der Waals surface area contributed by atoms with E-state index in [0.29, 0.717) is 31.3 Å². The van der Waals surface area contributed by atoms with Gasteiger partial charge in [-0.2, -0.15) is 0 Å². The maximum Gasteiger partial charge on any atom is 0.222 e. The van der Waals surface area contributed by atoms with Crippen LogP contribution in [0.4, 0.5) is 0 Å². The summed E-state index contributed by atoms with van der Waals surface area (Å²) >= 11 is 0. The Hall–Kier alpha value is -0.900. The number of carbonyl (C=O) groups excluding carboxylic acids is 2. The molecule has 22 heavy (non-hydrogen) atoms. The molecule has 4 nitrogen and oxygen atoms in total. The van der Waals surface area contributed by atoms with Crippen molar-refractivity contribution >= 4 is 11.7 Å². The molecule has 4 heteroatoms. The first-order valence-corrected chi connectivity index (χ1v) is 8.49. The van der Waals surface area contributed by atoms with Crippen molar-refractivity contribution in [3.8, 4) is 0 Å². The van der Waals surface area contributed by atoms with Gasteiger partial charge in [0.25, 0.3) is 0 Å². The summed E-state index contributed by atoms with van der Waals surface area (Å²) < 4.78 is 5.84. The van der Waals surface area contributed by atoms with Crippen molar-refractivity contribution in [1.82, 2.24) is 5.32 Å². The Morgan fingerprint density at radius 1 is 1.09 bits per heavy atom. The Labute approximate surface area is 136 Å². The quantitative estimate of drug-likeness (QED) is 0.593. The Balaban J connectivity index is 3.99. The molecular weight excluding hydrogens is 278 g/mol. The Morgan fingerprint density at radius 2 is 1.68 bits per heavy atom. The molecule has 1 unspecified atom stereocenters. The normalized spacial score (nSPS) is 13.5. The summed E-state index contributed by atoms with van der Waals surface area (Å²) in [4.78, 5) is 23.4. The zero-order valence-corrected chi connectivity index (χ0v) is 15.5. The molecule has 0 aliphatic heterocycles. The lowest BCUT2D eigenvalue weighted by atomic mass is 9.90. The number of carbonyl (C=O) groups is 2. The van der Waals surface area contributed by atoms with Crippen molar-refractivity contribution in [2.45, 2.75) is 73.3 Å². The molecule has 0 aromatic carbocycles. The summed E-state index contributed by atoms with van der Waals surface area (Å²) in [5.74, 6) is 0.903. The van der Waals surface area contributed by atoms with Gasteiger partial charge in [0.15, 0.2) is 0 Å². The molecule has 1 atom stereocenters. The molecule has 0 fully saturated rings. The number of hydrogen-bond acceptors (Lipinski definition) is 3. The molecule has 0 aliphatic rings. The predicted molar refractivity (Wildman–Crippen MR) is 90.7 cm³/mol. The minimum absolute atomic E-state index is 0.000768. The average Bonchev–Trinajstić information content (AvgIpc) is 2.39. The summed E-state index contributed by atoms with van der Waals surface area (Å²) in [6, 6.07) is 0. The van der Waals surface area contributed by atoms with Crippen molar-refractivity contribution in [3.05, 3.63) is 0 Å². The van der Waals surface area contributed by atoms with Crippen molar-refractivity contribution < 1.29 is 14.3 Å². The lowest BCUT2D eigenvalue weighted by Crippen LogP contribution is -2.34. The molecule has 130 valence electrons. The number of amides is 1. The third-order valence-electron chi connectivity index (χ3n) is 3.76. The van der Waals surface area contributed by atoms with Crippen LogP contribution in [0.15, 0.2) is 0 Å². The highest BCUT2D eigenvalue weighted by atomic mass is 16.5. The maximum atomic E-state index is 12.0. The highest BCUT2D eigenvalue weighted by molar-refractivity contribution is 5.80. The van der Waals surface area contributed by atoms with Gasteiger partial charge in [-0.25, -0.2) is 0 Å². The average molecular weight is 313 g/mol. The van der Waals surface area contributed by atoms with Gasteiger partial charge in [0, 0.05) is 24.8 Å². The maximum absolute atomic E-state index is 12.0. The van der Waals surface area contributed by atoms with Gasteiger partial charge >= 0.3 is 0 Å². The fraction of sp³-hybridized carbons (Fsp3) is 0.889. The third kappa shape index (κ3) is 9.93. The van der Waals surface area contributed by atoms with Crippen molar-refractivity contribution in [2.24, 2.45) is 17.8 Å². The van der Waals surface area contributed by atoms with Gasteiger partial charge < -0.3 is 10.1 Å². The van der Waals surface area contributed by atoms with E-state index in [9.17, 15) is 9.59 Å². The second-order valence-corrected chi connectivity index (χ2v) is 7.56. The van der Waals surface area contributed by atoms with E-state index in [4.69, 9.17) is 4.74 Å². The standard InChI is InChI=1S/C18H35NO3/c1-13(2)12-16(20)15(5)8-9-18(6,7)22-11-10-19-17(21)14(3)4/h13-15H,8-12H2,1-7H3,(H,19,21). The van der Waals surface area contributed by atoms with Crippen LogP contribution in [0, 0.1) is 17.8 Å². The van der Waals surface area contributed by atoms with Gasteiger partial charge in [0.1, 0.15) is 5.78 Å². The molecule has 0 spiro atoms. The number of ketones is 1. The van der Waals surface area contributed by atoms with E-state index in [-0.39, 0.29) is 23.3 Å².